The van der Waals surface area contributed by atoms with Gasteiger partial charge in [-0.05, 0) is 18.2 Å². The molecule has 6 heteroatoms. The maximum absolute atomic E-state index is 12.9. The van der Waals surface area contributed by atoms with Crippen molar-refractivity contribution in [3.05, 3.63) is 46.6 Å². The van der Waals surface area contributed by atoms with Gasteiger partial charge in [0.05, 0.1) is 25.0 Å². The topological polar surface area (TPSA) is 89.1 Å². The summed E-state index contributed by atoms with van der Waals surface area (Å²) < 4.78 is 16.1. The molecule has 0 aliphatic carbocycles. The molecule has 0 atom stereocenters. The molecule has 25 heavy (non-hydrogen) atoms. The molecule has 0 radical (unpaired) electrons. The van der Waals surface area contributed by atoms with Crippen LogP contribution in [0, 0.1) is 0 Å². The second kappa shape index (κ2) is 5.31. The minimum Gasteiger partial charge on any atom is -0.506 e. The van der Waals surface area contributed by atoms with Crippen LogP contribution in [-0.2, 0) is 0 Å². The highest BCUT2D eigenvalue weighted by atomic mass is 16.5. The van der Waals surface area contributed by atoms with Gasteiger partial charge < -0.3 is 24.1 Å². The molecular formula is C19H14O6. The van der Waals surface area contributed by atoms with Crippen LogP contribution >= 0.6 is 0 Å². The van der Waals surface area contributed by atoms with Gasteiger partial charge in [0.2, 0.25) is 5.43 Å². The van der Waals surface area contributed by atoms with Crippen molar-refractivity contribution in [1.29, 1.82) is 0 Å². The van der Waals surface area contributed by atoms with Gasteiger partial charge in [-0.15, -0.1) is 0 Å². The Morgan fingerprint density at radius 1 is 0.920 bits per heavy atom. The number of hydrogen-bond acceptors (Lipinski definition) is 6. The molecule has 0 spiro atoms. The van der Waals surface area contributed by atoms with Crippen LogP contribution < -0.4 is 14.9 Å². The Hall–Kier alpha value is -3.41. The van der Waals surface area contributed by atoms with E-state index in [1.54, 1.807) is 36.4 Å². The van der Waals surface area contributed by atoms with Crippen molar-refractivity contribution in [3.63, 3.8) is 0 Å². The number of hydrogen-bond donors (Lipinski definition) is 2. The van der Waals surface area contributed by atoms with Crippen molar-refractivity contribution in [1.82, 2.24) is 0 Å². The van der Waals surface area contributed by atoms with Crippen molar-refractivity contribution >= 4 is 32.7 Å². The number of fused-ring (bicyclic) bond motifs is 3. The van der Waals surface area contributed by atoms with Crippen molar-refractivity contribution in [2.75, 3.05) is 14.2 Å². The lowest BCUT2D eigenvalue weighted by Gasteiger charge is -2.12. The highest BCUT2D eigenvalue weighted by Gasteiger charge is 2.22. The first kappa shape index (κ1) is 15.1. The quantitative estimate of drug-likeness (QED) is 0.429. The van der Waals surface area contributed by atoms with Crippen LogP contribution in [0.5, 0.6) is 23.0 Å². The van der Waals surface area contributed by atoms with Crippen LogP contribution in [0.15, 0.2) is 45.6 Å². The lowest BCUT2D eigenvalue weighted by Crippen LogP contribution is -2.03. The molecule has 1 aromatic heterocycles. The van der Waals surface area contributed by atoms with Crippen LogP contribution in [0.4, 0.5) is 0 Å². The van der Waals surface area contributed by atoms with E-state index in [0.29, 0.717) is 16.9 Å². The predicted octanol–water partition coefficient (Wildman–Crippen LogP) is 3.53. The molecule has 0 unspecified atom stereocenters. The summed E-state index contributed by atoms with van der Waals surface area (Å²) in [6, 6.07) is 9.67. The number of phenolic OH excluding ortho intramolecular Hbond substituents is 2. The molecule has 0 saturated carbocycles. The first-order valence-corrected chi connectivity index (χ1v) is 7.52. The van der Waals surface area contributed by atoms with Crippen LogP contribution in [0.2, 0.25) is 0 Å². The second-order valence-electron chi connectivity index (χ2n) is 5.58. The Balaban J connectivity index is 2.29. The van der Waals surface area contributed by atoms with Crippen LogP contribution in [0.1, 0.15) is 0 Å². The van der Waals surface area contributed by atoms with Gasteiger partial charge in [-0.25, -0.2) is 0 Å². The van der Waals surface area contributed by atoms with Gasteiger partial charge in [-0.2, -0.15) is 0 Å². The fourth-order valence-corrected chi connectivity index (χ4v) is 3.07. The third-order valence-electron chi connectivity index (χ3n) is 4.29. The zero-order chi connectivity index (χ0) is 17.7. The number of phenols is 2. The Bertz CT molecular complexity index is 1210. The van der Waals surface area contributed by atoms with E-state index in [2.05, 4.69) is 0 Å². The summed E-state index contributed by atoms with van der Waals surface area (Å²) in [6.07, 6.45) is 0. The highest BCUT2D eigenvalue weighted by Crippen LogP contribution is 2.44. The molecule has 0 saturated heterocycles. The van der Waals surface area contributed by atoms with E-state index in [4.69, 9.17) is 13.9 Å². The van der Waals surface area contributed by atoms with Gasteiger partial charge >= 0.3 is 0 Å². The summed E-state index contributed by atoms with van der Waals surface area (Å²) >= 11 is 0. The molecule has 0 amide bonds. The van der Waals surface area contributed by atoms with Gasteiger partial charge in [0.1, 0.15) is 28.2 Å². The molecular weight excluding hydrogens is 324 g/mol. The van der Waals surface area contributed by atoms with Crippen molar-refractivity contribution in [3.8, 4) is 23.0 Å². The minimum absolute atomic E-state index is 0.0796. The third kappa shape index (κ3) is 2.00. The van der Waals surface area contributed by atoms with Gasteiger partial charge in [-0.1, -0.05) is 12.1 Å². The fraction of sp³-hybridized carbons (Fsp3) is 0.105. The fourth-order valence-electron chi connectivity index (χ4n) is 3.07. The van der Waals surface area contributed by atoms with E-state index in [1.165, 1.54) is 14.2 Å². The summed E-state index contributed by atoms with van der Waals surface area (Å²) in [5.74, 6) is 0.345. The van der Waals surface area contributed by atoms with Gasteiger partial charge in [0, 0.05) is 11.5 Å². The lowest BCUT2D eigenvalue weighted by atomic mass is 10.0. The zero-order valence-corrected chi connectivity index (χ0v) is 13.5. The third-order valence-corrected chi connectivity index (χ3v) is 4.29. The Kier molecular flexibility index (Phi) is 3.21. The summed E-state index contributed by atoms with van der Waals surface area (Å²) in [5.41, 5.74) is -0.266. The number of benzene rings is 3. The van der Waals surface area contributed by atoms with E-state index in [-0.39, 0.29) is 38.8 Å². The molecule has 3 aromatic carbocycles. The van der Waals surface area contributed by atoms with Crippen LogP contribution in [0.3, 0.4) is 0 Å². The van der Waals surface area contributed by atoms with E-state index >= 15 is 0 Å². The van der Waals surface area contributed by atoms with Crippen molar-refractivity contribution in [2.45, 2.75) is 0 Å². The molecule has 0 aliphatic heterocycles. The lowest BCUT2D eigenvalue weighted by molar-refractivity contribution is 0.414. The largest absolute Gasteiger partial charge is 0.506 e. The summed E-state index contributed by atoms with van der Waals surface area (Å²) in [4.78, 5) is 12.9. The Morgan fingerprint density at radius 2 is 1.72 bits per heavy atom. The van der Waals surface area contributed by atoms with Crippen molar-refractivity contribution in [2.24, 2.45) is 0 Å². The SMILES string of the molecule is COc1ccc2c(=O)c3c(O)c4c(OC)cccc4c(O)c3oc2c1. The van der Waals surface area contributed by atoms with Crippen LogP contribution in [0.25, 0.3) is 32.7 Å². The number of methoxy groups -OCH3 is 2. The molecule has 1 heterocycles. The Labute approximate surface area is 141 Å². The van der Waals surface area contributed by atoms with Gasteiger partial charge in [0.15, 0.2) is 11.3 Å². The predicted molar refractivity (Wildman–Crippen MR) is 93.9 cm³/mol. The number of aromatic hydroxyl groups is 2. The zero-order valence-electron chi connectivity index (χ0n) is 13.5. The van der Waals surface area contributed by atoms with Crippen LogP contribution in [-0.4, -0.2) is 24.4 Å². The Morgan fingerprint density at radius 3 is 2.44 bits per heavy atom. The number of ether oxygens (including phenoxy) is 2. The van der Waals surface area contributed by atoms with E-state index < -0.39 is 5.43 Å². The molecule has 4 aromatic rings. The average molecular weight is 338 g/mol. The maximum Gasteiger partial charge on any atom is 0.204 e. The first-order valence-electron chi connectivity index (χ1n) is 7.52. The second-order valence-corrected chi connectivity index (χ2v) is 5.58. The summed E-state index contributed by atoms with van der Waals surface area (Å²) in [5, 5.41) is 22.1. The van der Waals surface area contributed by atoms with E-state index in [9.17, 15) is 15.0 Å². The van der Waals surface area contributed by atoms with E-state index in [0.717, 1.165) is 0 Å². The van der Waals surface area contributed by atoms with Crippen molar-refractivity contribution < 1.29 is 24.1 Å². The number of rotatable bonds is 2. The molecule has 4 rings (SSSR count). The maximum atomic E-state index is 12.9. The van der Waals surface area contributed by atoms with E-state index in [1.807, 2.05) is 0 Å². The molecule has 2 N–H and O–H groups in total. The standard InChI is InChI=1S/C19H14O6/c1-23-9-6-7-10-13(8-9)25-19-15(16(10)20)18(22)14-11(17(19)21)4-3-5-12(14)24-2/h3-8,21-22H,1-2H3. The molecule has 126 valence electrons. The molecule has 0 fully saturated rings. The molecule has 0 aliphatic rings. The first-order chi connectivity index (χ1) is 12.1. The molecule has 0 bridgehead atoms. The van der Waals surface area contributed by atoms with Gasteiger partial charge in [-0.3, -0.25) is 4.79 Å². The minimum atomic E-state index is -0.445. The monoisotopic (exact) mass is 338 g/mol. The summed E-state index contributed by atoms with van der Waals surface area (Å²) in [6.45, 7) is 0. The smallest absolute Gasteiger partial charge is 0.204 e. The molecule has 6 nitrogen and oxygen atoms in total. The highest BCUT2D eigenvalue weighted by molar-refractivity contribution is 6.12. The average Bonchev–Trinajstić information content (AvgIpc) is 2.64. The van der Waals surface area contributed by atoms with Gasteiger partial charge in [0.25, 0.3) is 0 Å². The normalized spacial score (nSPS) is 11.3. The summed E-state index contributed by atoms with van der Waals surface area (Å²) in [7, 11) is 2.95.